The molecule has 1 atom stereocenters. The second kappa shape index (κ2) is 11.4. The van der Waals surface area contributed by atoms with Gasteiger partial charge in [-0.2, -0.15) is 0 Å². The molecular weight excluding hydrogens is 456 g/mol. The van der Waals surface area contributed by atoms with E-state index in [2.05, 4.69) is 10.3 Å². The number of benzene rings is 3. The lowest BCUT2D eigenvalue weighted by Gasteiger charge is -2.20. The lowest BCUT2D eigenvalue weighted by molar-refractivity contribution is -0.121. The Hall–Kier alpha value is -4.26. The first-order valence-corrected chi connectivity index (χ1v) is 11.7. The maximum atomic E-state index is 13.0. The summed E-state index contributed by atoms with van der Waals surface area (Å²) < 4.78 is 15.9. The van der Waals surface area contributed by atoms with Gasteiger partial charge in [-0.25, -0.2) is 0 Å². The van der Waals surface area contributed by atoms with E-state index in [0.717, 1.165) is 22.3 Å². The second-order valence-electron chi connectivity index (χ2n) is 8.40. The Labute approximate surface area is 210 Å². The van der Waals surface area contributed by atoms with Crippen molar-refractivity contribution in [1.29, 1.82) is 0 Å². The van der Waals surface area contributed by atoms with E-state index in [-0.39, 0.29) is 24.0 Å². The summed E-state index contributed by atoms with van der Waals surface area (Å²) in [6.07, 6.45) is 2.46. The van der Waals surface area contributed by atoms with Crippen LogP contribution in [0.4, 0.5) is 0 Å². The summed E-state index contributed by atoms with van der Waals surface area (Å²) in [6, 6.07) is 20.8. The normalized spacial score (nSPS) is 11.6. The molecule has 4 rings (SSSR count). The highest BCUT2D eigenvalue weighted by Crippen LogP contribution is 2.38. The van der Waals surface area contributed by atoms with Gasteiger partial charge >= 0.3 is 0 Å². The third-order valence-electron chi connectivity index (χ3n) is 6.25. The van der Waals surface area contributed by atoms with Crippen molar-refractivity contribution in [2.45, 2.75) is 18.8 Å². The molecule has 1 aromatic heterocycles. The molecule has 0 aliphatic carbocycles. The Balaban J connectivity index is 1.52. The number of hydrogen-bond acceptors (Lipinski definition) is 6. The summed E-state index contributed by atoms with van der Waals surface area (Å²) in [6.45, 7) is 0.467. The molecule has 2 N–H and O–H groups in total. The zero-order valence-corrected chi connectivity index (χ0v) is 20.7. The molecule has 36 heavy (non-hydrogen) atoms. The smallest absolute Gasteiger partial charge is 0.220 e. The lowest BCUT2D eigenvalue weighted by Crippen LogP contribution is -2.27. The molecule has 1 heterocycles. The number of phenolic OH excluding ortho intramolecular Hbond substituents is 1. The van der Waals surface area contributed by atoms with Crippen LogP contribution in [0.5, 0.6) is 23.0 Å². The number of nitrogens with one attached hydrogen (secondary N) is 1. The summed E-state index contributed by atoms with van der Waals surface area (Å²) in [5, 5.41) is 14.9. The van der Waals surface area contributed by atoms with Crippen LogP contribution in [0.25, 0.3) is 10.9 Å². The first-order valence-electron chi connectivity index (χ1n) is 11.7. The number of carbonyl (C=O) groups is 1. The maximum Gasteiger partial charge on any atom is 0.220 e. The molecule has 7 nitrogen and oxygen atoms in total. The van der Waals surface area contributed by atoms with Crippen LogP contribution < -0.4 is 19.5 Å². The molecule has 4 aromatic rings. The molecule has 0 fully saturated rings. The lowest BCUT2D eigenvalue weighted by atomic mass is 9.87. The Bertz CT molecular complexity index is 1340. The number of hydrogen-bond donors (Lipinski definition) is 2. The van der Waals surface area contributed by atoms with Crippen molar-refractivity contribution in [1.82, 2.24) is 10.3 Å². The average molecular weight is 487 g/mol. The van der Waals surface area contributed by atoms with Crippen LogP contribution in [-0.4, -0.2) is 43.9 Å². The average Bonchev–Trinajstić information content (AvgIpc) is 2.92. The molecule has 186 valence electrons. The number of ether oxygens (including phenoxy) is 3. The molecule has 0 radical (unpaired) electrons. The first kappa shape index (κ1) is 24.9. The molecular formula is C29H30N2O5. The zero-order chi connectivity index (χ0) is 25.5. The van der Waals surface area contributed by atoms with Crippen LogP contribution >= 0.6 is 0 Å². The van der Waals surface area contributed by atoms with E-state index in [1.807, 2.05) is 66.7 Å². The molecule has 0 aliphatic rings. The Kier molecular flexibility index (Phi) is 7.90. The van der Waals surface area contributed by atoms with E-state index in [9.17, 15) is 9.90 Å². The number of amides is 1. The van der Waals surface area contributed by atoms with Gasteiger partial charge in [0.25, 0.3) is 0 Å². The highest BCUT2D eigenvalue weighted by atomic mass is 16.5. The SMILES string of the molecule is COc1ccc(C(CC(=O)NCCc2ccc(OC)c(OC)c2)c2ccc3cccnc3c2O)cc1. The van der Waals surface area contributed by atoms with Gasteiger partial charge in [-0.15, -0.1) is 0 Å². The van der Waals surface area contributed by atoms with Gasteiger partial charge in [0.05, 0.1) is 21.3 Å². The first-order chi connectivity index (χ1) is 17.5. The Morgan fingerprint density at radius 3 is 2.44 bits per heavy atom. The van der Waals surface area contributed by atoms with Crippen LogP contribution in [0.15, 0.2) is 72.9 Å². The molecule has 0 saturated carbocycles. The van der Waals surface area contributed by atoms with Gasteiger partial charge in [-0.05, 0) is 47.9 Å². The summed E-state index contributed by atoms with van der Waals surface area (Å²) in [7, 11) is 4.81. The van der Waals surface area contributed by atoms with Gasteiger partial charge < -0.3 is 24.6 Å². The number of aromatic hydroxyl groups is 1. The van der Waals surface area contributed by atoms with Crippen LogP contribution in [-0.2, 0) is 11.2 Å². The van der Waals surface area contributed by atoms with Crippen molar-refractivity contribution in [3.05, 3.63) is 89.6 Å². The second-order valence-corrected chi connectivity index (χ2v) is 8.40. The minimum absolute atomic E-state index is 0.0899. The Morgan fingerprint density at radius 1 is 0.944 bits per heavy atom. The van der Waals surface area contributed by atoms with Crippen molar-refractivity contribution in [2.24, 2.45) is 0 Å². The third-order valence-corrected chi connectivity index (χ3v) is 6.25. The van der Waals surface area contributed by atoms with E-state index in [1.165, 1.54) is 0 Å². The molecule has 0 bridgehead atoms. The fraction of sp³-hybridized carbons (Fsp3) is 0.241. The number of methoxy groups -OCH3 is 3. The van der Waals surface area contributed by atoms with Crippen LogP contribution in [0.2, 0.25) is 0 Å². The zero-order valence-electron chi connectivity index (χ0n) is 20.7. The van der Waals surface area contributed by atoms with Crippen molar-refractivity contribution < 1.29 is 24.1 Å². The standard InChI is InChI=1S/C29H30N2O5/c1-34-22-10-7-20(8-11-22)24(23-12-9-21-5-4-15-31-28(21)29(23)33)18-27(32)30-16-14-19-6-13-25(35-2)26(17-19)36-3/h4-13,15,17,24,33H,14,16,18H2,1-3H3,(H,30,32). The minimum Gasteiger partial charge on any atom is -0.505 e. The van der Waals surface area contributed by atoms with E-state index >= 15 is 0 Å². The third kappa shape index (κ3) is 5.51. The number of aromatic nitrogens is 1. The number of fused-ring (bicyclic) bond motifs is 1. The fourth-order valence-electron chi connectivity index (χ4n) is 4.31. The summed E-state index contributed by atoms with van der Waals surface area (Å²) in [5.41, 5.74) is 3.10. The van der Waals surface area contributed by atoms with E-state index in [4.69, 9.17) is 14.2 Å². The van der Waals surface area contributed by atoms with Gasteiger partial charge in [0, 0.05) is 36.0 Å². The number of rotatable bonds is 10. The van der Waals surface area contributed by atoms with Gasteiger partial charge in [0.15, 0.2) is 11.5 Å². The number of pyridine rings is 1. The van der Waals surface area contributed by atoms with Crippen LogP contribution in [0.1, 0.15) is 29.0 Å². The van der Waals surface area contributed by atoms with Crippen LogP contribution in [0.3, 0.4) is 0 Å². The molecule has 0 spiro atoms. The van der Waals surface area contributed by atoms with Crippen molar-refractivity contribution in [3.63, 3.8) is 0 Å². The maximum absolute atomic E-state index is 13.0. The minimum atomic E-state index is -0.358. The molecule has 1 unspecified atom stereocenters. The van der Waals surface area contributed by atoms with Crippen molar-refractivity contribution in [2.75, 3.05) is 27.9 Å². The summed E-state index contributed by atoms with van der Waals surface area (Å²) in [5.74, 6) is 1.66. The summed E-state index contributed by atoms with van der Waals surface area (Å²) >= 11 is 0. The van der Waals surface area contributed by atoms with Gasteiger partial charge in [0.2, 0.25) is 5.91 Å². The topological polar surface area (TPSA) is 89.9 Å². The van der Waals surface area contributed by atoms with Gasteiger partial charge in [0.1, 0.15) is 17.0 Å². The number of carbonyl (C=O) groups excluding carboxylic acids is 1. The molecule has 0 aliphatic heterocycles. The van der Waals surface area contributed by atoms with Crippen LogP contribution in [0, 0.1) is 0 Å². The molecule has 1 amide bonds. The Morgan fingerprint density at radius 2 is 1.72 bits per heavy atom. The summed E-state index contributed by atoms with van der Waals surface area (Å²) in [4.78, 5) is 17.4. The van der Waals surface area contributed by atoms with Crippen molar-refractivity contribution in [3.8, 4) is 23.0 Å². The predicted molar refractivity (Wildman–Crippen MR) is 139 cm³/mol. The quantitative estimate of drug-likeness (QED) is 0.333. The van der Waals surface area contributed by atoms with Crippen molar-refractivity contribution >= 4 is 16.8 Å². The number of nitrogens with zero attached hydrogens (tertiary/aromatic N) is 1. The predicted octanol–water partition coefficient (Wildman–Crippen LogP) is 4.85. The van der Waals surface area contributed by atoms with E-state index in [0.29, 0.717) is 35.5 Å². The molecule has 7 heteroatoms. The van der Waals surface area contributed by atoms with Gasteiger partial charge in [-0.3, -0.25) is 9.78 Å². The van der Waals surface area contributed by atoms with E-state index in [1.54, 1.807) is 27.5 Å². The highest BCUT2D eigenvalue weighted by molar-refractivity contribution is 5.86. The monoisotopic (exact) mass is 486 g/mol. The molecule has 0 saturated heterocycles. The fourth-order valence-corrected chi connectivity index (χ4v) is 4.31. The molecule has 3 aromatic carbocycles. The largest absolute Gasteiger partial charge is 0.505 e. The highest BCUT2D eigenvalue weighted by Gasteiger charge is 2.23. The van der Waals surface area contributed by atoms with Gasteiger partial charge in [-0.1, -0.05) is 36.4 Å². The number of phenols is 1. The van der Waals surface area contributed by atoms with E-state index < -0.39 is 0 Å².